The molecule has 0 aromatic heterocycles. The van der Waals surface area contributed by atoms with Gasteiger partial charge < -0.3 is 4.43 Å². The summed E-state index contributed by atoms with van der Waals surface area (Å²) >= 11 is 5.44. The summed E-state index contributed by atoms with van der Waals surface area (Å²) in [5, 5.41) is 0.322. The van der Waals surface area contributed by atoms with Crippen LogP contribution < -0.4 is 0 Å². The third-order valence-electron chi connectivity index (χ3n) is 3.12. The van der Waals surface area contributed by atoms with Gasteiger partial charge in [-0.15, -0.1) is 0 Å². The first-order chi connectivity index (χ1) is 6.81. The van der Waals surface area contributed by atoms with Gasteiger partial charge in [-0.25, -0.2) is 0 Å². The fourth-order valence-electron chi connectivity index (χ4n) is 0.971. The van der Waals surface area contributed by atoms with Crippen molar-refractivity contribution < 1.29 is 4.43 Å². The number of unbranched alkanes of at least 4 members (excludes halogenated alkanes) is 2. The number of halogens is 1. The van der Waals surface area contributed by atoms with E-state index < -0.39 is 8.32 Å². The van der Waals surface area contributed by atoms with Crippen LogP contribution in [0.15, 0.2) is 11.6 Å². The Balaban J connectivity index is 3.67. The van der Waals surface area contributed by atoms with E-state index in [1.54, 1.807) is 5.54 Å². The average molecular weight is 249 g/mol. The highest BCUT2D eigenvalue weighted by Gasteiger charge is 2.36. The van der Waals surface area contributed by atoms with Gasteiger partial charge in [0.15, 0.2) is 8.32 Å². The maximum Gasteiger partial charge on any atom is 0.191 e. The van der Waals surface area contributed by atoms with Gasteiger partial charge in [-0.05, 0) is 37.4 Å². The first kappa shape index (κ1) is 15.2. The van der Waals surface area contributed by atoms with Gasteiger partial charge in [-0.3, -0.25) is 0 Å². The number of allylic oxidation sites excluding steroid dienone is 1. The molecule has 90 valence electrons. The number of hydrogen-bond acceptors (Lipinski definition) is 1. The standard InChI is InChI=1S/C12H25ClOSi/c1-12(2,3)15(4,5)14-11-9-7-6-8-10-13/h8,10H,6-7,9,11H2,1-5H3/b10-8+. The van der Waals surface area contributed by atoms with Gasteiger partial charge in [0.2, 0.25) is 0 Å². The molecule has 0 fully saturated rings. The van der Waals surface area contributed by atoms with Gasteiger partial charge in [0, 0.05) is 12.1 Å². The zero-order chi connectivity index (χ0) is 11.9. The highest BCUT2D eigenvalue weighted by molar-refractivity contribution is 6.74. The largest absolute Gasteiger partial charge is 0.417 e. The van der Waals surface area contributed by atoms with Gasteiger partial charge in [-0.1, -0.05) is 38.4 Å². The molecule has 0 bridgehead atoms. The molecule has 0 saturated heterocycles. The van der Waals surface area contributed by atoms with Gasteiger partial charge in [0.1, 0.15) is 0 Å². The quantitative estimate of drug-likeness (QED) is 0.478. The molecule has 0 rings (SSSR count). The Labute approximate surface area is 101 Å². The molecular formula is C12H25ClOSi. The van der Waals surface area contributed by atoms with Crippen LogP contribution in [0, 0.1) is 0 Å². The van der Waals surface area contributed by atoms with Crippen LogP contribution in [-0.2, 0) is 4.43 Å². The Bertz CT molecular complexity index is 194. The monoisotopic (exact) mass is 248 g/mol. The topological polar surface area (TPSA) is 9.23 Å². The summed E-state index contributed by atoms with van der Waals surface area (Å²) in [5.41, 5.74) is 1.59. The van der Waals surface area contributed by atoms with Crippen molar-refractivity contribution in [2.75, 3.05) is 6.61 Å². The van der Waals surface area contributed by atoms with Crippen LogP contribution in [0.3, 0.4) is 0 Å². The van der Waals surface area contributed by atoms with Gasteiger partial charge >= 0.3 is 0 Å². The minimum atomic E-state index is -1.52. The van der Waals surface area contributed by atoms with Crippen molar-refractivity contribution in [2.24, 2.45) is 0 Å². The summed E-state index contributed by atoms with van der Waals surface area (Å²) in [6, 6.07) is 0. The molecule has 0 aromatic carbocycles. The van der Waals surface area contributed by atoms with Crippen molar-refractivity contribution in [1.82, 2.24) is 0 Å². The molecule has 0 aromatic rings. The van der Waals surface area contributed by atoms with Crippen LogP contribution in [0.25, 0.3) is 0 Å². The predicted molar refractivity (Wildman–Crippen MR) is 72.0 cm³/mol. The lowest BCUT2D eigenvalue weighted by Gasteiger charge is -2.36. The van der Waals surface area contributed by atoms with Crippen LogP contribution in [0.4, 0.5) is 0 Å². The Kier molecular flexibility index (Phi) is 6.81. The SMILES string of the molecule is CC(C)(C)[Si](C)(C)OCCCC/C=C/Cl. The second-order valence-electron chi connectivity index (χ2n) is 5.47. The zero-order valence-corrected chi connectivity index (χ0v) is 12.5. The molecule has 0 N–H and O–H groups in total. The lowest BCUT2D eigenvalue weighted by atomic mass is 10.2. The molecule has 0 aliphatic carbocycles. The van der Waals surface area contributed by atoms with E-state index in [2.05, 4.69) is 33.9 Å². The van der Waals surface area contributed by atoms with E-state index in [4.69, 9.17) is 16.0 Å². The summed E-state index contributed by atoms with van der Waals surface area (Å²) in [4.78, 5) is 0. The Morgan fingerprint density at radius 2 is 1.80 bits per heavy atom. The zero-order valence-electron chi connectivity index (χ0n) is 10.8. The maximum atomic E-state index is 6.06. The second kappa shape index (κ2) is 6.72. The minimum Gasteiger partial charge on any atom is -0.417 e. The van der Waals surface area contributed by atoms with Gasteiger partial charge in [0.05, 0.1) is 0 Å². The highest BCUT2D eigenvalue weighted by Crippen LogP contribution is 2.36. The molecule has 15 heavy (non-hydrogen) atoms. The van der Waals surface area contributed by atoms with E-state index in [-0.39, 0.29) is 0 Å². The van der Waals surface area contributed by atoms with Gasteiger partial charge in [-0.2, -0.15) is 0 Å². The highest BCUT2D eigenvalue weighted by atomic mass is 35.5. The van der Waals surface area contributed by atoms with E-state index in [0.717, 1.165) is 25.9 Å². The predicted octanol–water partition coefficient (Wildman–Crippen LogP) is 4.93. The van der Waals surface area contributed by atoms with Crippen molar-refractivity contribution >= 4 is 19.9 Å². The molecule has 0 radical (unpaired) electrons. The van der Waals surface area contributed by atoms with Crippen molar-refractivity contribution in [3.05, 3.63) is 11.6 Å². The van der Waals surface area contributed by atoms with Crippen LogP contribution in [-0.4, -0.2) is 14.9 Å². The van der Waals surface area contributed by atoms with Crippen molar-refractivity contribution in [3.63, 3.8) is 0 Å². The second-order valence-corrected chi connectivity index (χ2v) is 10.5. The molecular weight excluding hydrogens is 224 g/mol. The van der Waals surface area contributed by atoms with Gasteiger partial charge in [0.25, 0.3) is 0 Å². The summed E-state index contributed by atoms with van der Waals surface area (Å²) in [5.74, 6) is 0. The first-order valence-electron chi connectivity index (χ1n) is 5.70. The van der Waals surface area contributed by atoms with E-state index in [1.165, 1.54) is 0 Å². The molecule has 0 unspecified atom stereocenters. The van der Waals surface area contributed by atoms with Crippen molar-refractivity contribution in [1.29, 1.82) is 0 Å². The Morgan fingerprint density at radius 1 is 1.20 bits per heavy atom. The van der Waals surface area contributed by atoms with Crippen LogP contribution in [0.5, 0.6) is 0 Å². The van der Waals surface area contributed by atoms with E-state index >= 15 is 0 Å². The van der Waals surface area contributed by atoms with Crippen molar-refractivity contribution in [2.45, 2.75) is 58.2 Å². The molecule has 0 amide bonds. The van der Waals surface area contributed by atoms with Crippen LogP contribution in [0.1, 0.15) is 40.0 Å². The molecule has 0 saturated carbocycles. The van der Waals surface area contributed by atoms with E-state index in [9.17, 15) is 0 Å². The van der Waals surface area contributed by atoms with Crippen LogP contribution >= 0.6 is 11.6 Å². The summed E-state index contributed by atoms with van der Waals surface area (Å²) in [6.07, 6.45) is 5.35. The smallest absolute Gasteiger partial charge is 0.191 e. The third-order valence-corrected chi connectivity index (χ3v) is 7.84. The normalized spacial score (nSPS) is 13.7. The maximum absolute atomic E-state index is 6.06. The van der Waals surface area contributed by atoms with Crippen LogP contribution in [0.2, 0.25) is 18.1 Å². The first-order valence-corrected chi connectivity index (χ1v) is 9.05. The van der Waals surface area contributed by atoms with Crippen molar-refractivity contribution in [3.8, 4) is 0 Å². The molecule has 0 aliphatic rings. The lowest BCUT2D eigenvalue weighted by molar-refractivity contribution is 0.279. The Morgan fingerprint density at radius 3 is 2.27 bits per heavy atom. The molecule has 1 nitrogen and oxygen atoms in total. The fourth-order valence-corrected chi connectivity index (χ4v) is 2.18. The third kappa shape index (κ3) is 6.39. The summed E-state index contributed by atoms with van der Waals surface area (Å²) in [7, 11) is -1.52. The summed E-state index contributed by atoms with van der Waals surface area (Å²) in [6.45, 7) is 12.3. The number of rotatable bonds is 6. The van der Waals surface area contributed by atoms with E-state index in [0.29, 0.717) is 5.04 Å². The molecule has 0 atom stereocenters. The minimum absolute atomic E-state index is 0.322. The molecule has 3 heteroatoms. The Hall–Kier alpha value is 0.207. The lowest BCUT2D eigenvalue weighted by Crippen LogP contribution is -2.40. The number of hydrogen-bond donors (Lipinski definition) is 0. The average Bonchev–Trinajstić information content (AvgIpc) is 2.09. The molecule has 0 spiro atoms. The molecule has 0 aliphatic heterocycles. The molecule has 0 heterocycles. The summed E-state index contributed by atoms with van der Waals surface area (Å²) < 4.78 is 6.06. The fraction of sp³-hybridized carbons (Fsp3) is 0.833. The van der Waals surface area contributed by atoms with E-state index in [1.807, 2.05) is 6.08 Å².